The van der Waals surface area contributed by atoms with Crippen molar-refractivity contribution >= 4 is 17.9 Å². The highest BCUT2D eigenvalue weighted by atomic mass is 16.5. The Balaban J connectivity index is 2.89. The fourth-order valence-corrected chi connectivity index (χ4v) is 1.44. The summed E-state index contributed by atoms with van der Waals surface area (Å²) in [6.45, 7) is 1.62. The number of carboxylic acids is 1. The normalized spacial score (nSPS) is 12.7. The Hall–Kier alpha value is -2.30. The van der Waals surface area contributed by atoms with Gasteiger partial charge in [0.05, 0.1) is 7.11 Å². The zero-order chi connectivity index (χ0) is 13.5. The Bertz CT molecular complexity index is 451. The van der Waals surface area contributed by atoms with Crippen molar-refractivity contribution in [2.75, 3.05) is 12.4 Å². The second-order valence-electron chi connectivity index (χ2n) is 3.55. The number of benzene rings is 1. The van der Waals surface area contributed by atoms with Gasteiger partial charge in [-0.25, -0.2) is 4.79 Å². The topological polar surface area (TPSA) is 75.6 Å². The van der Waals surface area contributed by atoms with E-state index in [9.17, 15) is 9.59 Å². The van der Waals surface area contributed by atoms with E-state index in [1.807, 2.05) is 0 Å². The molecule has 5 nitrogen and oxygen atoms in total. The lowest BCUT2D eigenvalue weighted by Gasteiger charge is -2.15. The minimum Gasteiger partial charge on any atom is -0.497 e. The molecule has 1 aromatic carbocycles. The molecule has 0 aliphatic heterocycles. The van der Waals surface area contributed by atoms with Gasteiger partial charge in [-0.3, -0.25) is 4.79 Å². The molecule has 0 spiro atoms. The summed E-state index contributed by atoms with van der Waals surface area (Å²) in [5.74, 6) is -0.430. The quantitative estimate of drug-likeness (QED) is 0.593. The molecule has 1 aromatic rings. The van der Waals surface area contributed by atoms with Crippen LogP contribution in [0.5, 0.6) is 5.75 Å². The molecule has 1 atom stereocenters. The number of rotatable bonds is 6. The number of allylic oxidation sites excluding steroid dienone is 1. The molecule has 0 fully saturated rings. The lowest BCUT2D eigenvalue weighted by Crippen LogP contribution is -2.31. The van der Waals surface area contributed by atoms with Gasteiger partial charge < -0.3 is 15.2 Å². The summed E-state index contributed by atoms with van der Waals surface area (Å²) in [4.78, 5) is 21.9. The first-order chi connectivity index (χ1) is 8.62. The maximum Gasteiger partial charge on any atom is 0.330 e. The molecule has 0 aliphatic carbocycles. The smallest absolute Gasteiger partial charge is 0.330 e. The molecule has 0 amide bonds. The predicted octanol–water partition coefficient (Wildman–Crippen LogP) is 1.71. The van der Waals surface area contributed by atoms with Crippen LogP contribution in [0.4, 0.5) is 5.69 Å². The molecular formula is C13H15NO4. The van der Waals surface area contributed by atoms with Gasteiger partial charge >= 0.3 is 5.97 Å². The van der Waals surface area contributed by atoms with Gasteiger partial charge in [0, 0.05) is 11.3 Å². The summed E-state index contributed by atoms with van der Waals surface area (Å²) in [7, 11) is 1.55. The van der Waals surface area contributed by atoms with E-state index in [-0.39, 0.29) is 5.57 Å². The molecule has 0 heterocycles. The zero-order valence-electron chi connectivity index (χ0n) is 10.2. The van der Waals surface area contributed by atoms with Gasteiger partial charge in [-0.1, -0.05) is 6.08 Å². The van der Waals surface area contributed by atoms with Crippen LogP contribution in [0.25, 0.3) is 0 Å². The molecule has 0 saturated heterocycles. The van der Waals surface area contributed by atoms with E-state index in [1.165, 1.54) is 6.08 Å². The van der Waals surface area contributed by atoms with Crippen LogP contribution in [0.15, 0.2) is 35.9 Å². The van der Waals surface area contributed by atoms with Crippen molar-refractivity contribution in [1.82, 2.24) is 0 Å². The van der Waals surface area contributed by atoms with Gasteiger partial charge in [-0.15, -0.1) is 0 Å². The zero-order valence-corrected chi connectivity index (χ0v) is 10.2. The van der Waals surface area contributed by atoms with Crippen LogP contribution in [-0.2, 0) is 9.59 Å². The summed E-state index contributed by atoms with van der Waals surface area (Å²) in [5, 5.41) is 11.9. The summed E-state index contributed by atoms with van der Waals surface area (Å²) in [6.07, 6.45) is 2.01. The standard InChI is InChI=1S/C13H15NO4/c1-3-9(8-15)12(13(16)17)14-10-4-6-11(18-2)7-5-10/h3-8,12,14H,1-2H3,(H,16,17)/b9-3-/t12-/m0/s1. The number of methoxy groups -OCH3 is 1. The van der Waals surface area contributed by atoms with E-state index in [0.29, 0.717) is 17.7 Å². The third-order valence-corrected chi connectivity index (χ3v) is 2.45. The highest BCUT2D eigenvalue weighted by Gasteiger charge is 2.21. The largest absolute Gasteiger partial charge is 0.497 e. The number of aliphatic carboxylic acids is 1. The number of nitrogens with one attached hydrogen (secondary N) is 1. The van der Waals surface area contributed by atoms with Crippen LogP contribution in [0.2, 0.25) is 0 Å². The first-order valence-electron chi connectivity index (χ1n) is 5.37. The van der Waals surface area contributed by atoms with Crippen LogP contribution < -0.4 is 10.1 Å². The Labute approximate surface area is 105 Å². The fourth-order valence-electron chi connectivity index (χ4n) is 1.44. The van der Waals surface area contributed by atoms with Crippen LogP contribution in [0, 0.1) is 0 Å². The van der Waals surface area contributed by atoms with Crippen molar-refractivity contribution in [3.8, 4) is 5.75 Å². The number of anilines is 1. The number of carbonyl (C=O) groups is 2. The lowest BCUT2D eigenvalue weighted by atomic mass is 10.1. The molecule has 2 N–H and O–H groups in total. The Morgan fingerprint density at radius 1 is 1.39 bits per heavy atom. The van der Waals surface area contributed by atoms with Gasteiger partial charge in [0.1, 0.15) is 12.0 Å². The van der Waals surface area contributed by atoms with E-state index in [0.717, 1.165) is 0 Å². The number of hydrogen-bond donors (Lipinski definition) is 2. The molecular weight excluding hydrogens is 234 g/mol. The molecule has 0 aliphatic rings. The molecule has 5 heteroatoms. The number of carbonyl (C=O) groups excluding carboxylic acids is 1. The van der Waals surface area contributed by atoms with Gasteiger partial charge in [0.15, 0.2) is 6.04 Å². The molecule has 1 rings (SSSR count). The molecule has 0 bridgehead atoms. The second-order valence-corrected chi connectivity index (χ2v) is 3.55. The van der Waals surface area contributed by atoms with Gasteiger partial charge in [0.2, 0.25) is 0 Å². The first-order valence-corrected chi connectivity index (χ1v) is 5.37. The molecule has 0 radical (unpaired) electrons. The highest BCUT2D eigenvalue weighted by molar-refractivity contribution is 5.91. The average molecular weight is 249 g/mol. The summed E-state index contributed by atoms with van der Waals surface area (Å²) >= 11 is 0. The number of hydrogen-bond acceptors (Lipinski definition) is 4. The Morgan fingerprint density at radius 3 is 2.39 bits per heavy atom. The predicted molar refractivity (Wildman–Crippen MR) is 67.9 cm³/mol. The number of aldehydes is 1. The van der Waals surface area contributed by atoms with Crippen molar-refractivity contribution in [3.05, 3.63) is 35.9 Å². The van der Waals surface area contributed by atoms with E-state index < -0.39 is 12.0 Å². The maximum atomic E-state index is 11.1. The van der Waals surface area contributed by atoms with Crippen molar-refractivity contribution in [2.45, 2.75) is 13.0 Å². The fraction of sp³-hybridized carbons (Fsp3) is 0.231. The van der Waals surface area contributed by atoms with Crippen LogP contribution in [0.1, 0.15) is 6.92 Å². The summed E-state index contributed by atoms with van der Waals surface area (Å²) in [6, 6.07) is 5.73. The Kier molecular flexibility index (Phi) is 4.92. The highest BCUT2D eigenvalue weighted by Crippen LogP contribution is 2.17. The van der Waals surface area contributed by atoms with Crippen molar-refractivity contribution in [1.29, 1.82) is 0 Å². The van der Waals surface area contributed by atoms with Crippen LogP contribution in [0.3, 0.4) is 0 Å². The molecule has 96 valence electrons. The minimum absolute atomic E-state index is 0.179. The van der Waals surface area contributed by atoms with Crippen LogP contribution in [-0.4, -0.2) is 30.5 Å². The molecule has 0 unspecified atom stereocenters. The monoisotopic (exact) mass is 249 g/mol. The molecule has 18 heavy (non-hydrogen) atoms. The minimum atomic E-state index is -1.11. The third-order valence-electron chi connectivity index (χ3n) is 2.45. The van der Waals surface area contributed by atoms with E-state index in [2.05, 4.69) is 5.32 Å². The van der Waals surface area contributed by atoms with Crippen molar-refractivity contribution in [3.63, 3.8) is 0 Å². The van der Waals surface area contributed by atoms with Crippen molar-refractivity contribution in [2.24, 2.45) is 0 Å². The molecule has 0 saturated carbocycles. The molecule has 0 aromatic heterocycles. The van der Waals surface area contributed by atoms with Gasteiger partial charge in [-0.05, 0) is 31.2 Å². The van der Waals surface area contributed by atoms with E-state index >= 15 is 0 Å². The first kappa shape index (κ1) is 13.8. The Morgan fingerprint density at radius 2 is 2.00 bits per heavy atom. The van der Waals surface area contributed by atoms with E-state index in [4.69, 9.17) is 9.84 Å². The number of ether oxygens (including phenoxy) is 1. The average Bonchev–Trinajstić information content (AvgIpc) is 2.39. The summed E-state index contributed by atoms with van der Waals surface area (Å²) in [5.41, 5.74) is 0.780. The van der Waals surface area contributed by atoms with Crippen molar-refractivity contribution < 1.29 is 19.4 Å². The van der Waals surface area contributed by atoms with E-state index in [1.54, 1.807) is 38.3 Å². The summed E-state index contributed by atoms with van der Waals surface area (Å²) < 4.78 is 5.00. The third kappa shape index (κ3) is 3.35. The van der Waals surface area contributed by atoms with Crippen LogP contribution >= 0.6 is 0 Å². The van der Waals surface area contributed by atoms with Gasteiger partial charge in [0.25, 0.3) is 0 Å². The SMILES string of the molecule is C/C=C(/C=O)[C@H](Nc1ccc(OC)cc1)C(=O)O. The maximum absolute atomic E-state index is 11.1. The van der Waals surface area contributed by atoms with Gasteiger partial charge in [-0.2, -0.15) is 0 Å². The number of carboxylic acid groups (broad SMARTS) is 1. The second kappa shape index (κ2) is 6.44. The lowest BCUT2D eigenvalue weighted by molar-refractivity contribution is -0.137.